The average Bonchev–Trinajstić information content (AvgIpc) is 2.08. The quantitative estimate of drug-likeness (QED) is 0.646. The molecule has 1 fully saturated rings. The Bertz CT molecular complexity index is 234. The first-order valence-corrected chi connectivity index (χ1v) is 4.81. The number of nitrogens with one attached hydrogen (secondary N) is 2. The molecule has 1 saturated heterocycles. The zero-order chi connectivity index (χ0) is 10.7. The van der Waals surface area contributed by atoms with Crippen molar-refractivity contribution >= 4 is 11.9 Å². The third kappa shape index (κ3) is 2.37. The van der Waals surface area contributed by atoms with E-state index in [2.05, 4.69) is 10.6 Å². The highest BCUT2D eigenvalue weighted by molar-refractivity contribution is 5.79. The van der Waals surface area contributed by atoms with Gasteiger partial charge in [-0.3, -0.25) is 4.79 Å². The summed E-state index contributed by atoms with van der Waals surface area (Å²) in [6.07, 6.45) is 0. The van der Waals surface area contributed by atoms with Gasteiger partial charge in [-0.15, -0.1) is 0 Å². The second-order valence-electron chi connectivity index (χ2n) is 3.82. The molecule has 2 N–H and O–H groups in total. The Morgan fingerprint density at radius 2 is 1.93 bits per heavy atom. The van der Waals surface area contributed by atoms with Crippen molar-refractivity contribution in [1.29, 1.82) is 0 Å². The van der Waals surface area contributed by atoms with Crippen molar-refractivity contribution in [1.82, 2.24) is 15.5 Å². The van der Waals surface area contributed by atoms with Crippen molar-refractivity contribution in [2.24, 2.45) is 5.92 Å². The minimum atomic E-state index is -0.0833. The molecule has 0 aromatic heterocycles. The van der Waals surface area contributed by atoms with Gasteiger partial charge in [-0.1, -0.05) is 13.8 Å². The summed E-state index contributed by atoms with van der Waals surface area (Å²) in [7, 11) is 1.60. The molecule has 5 heteroatoms. The average molecular weight is 199 g/mol. The van der Waals surface area contributed by atoms with Crippen LogP contribution in [-0.4, -0.2) is 43.0 Å². The van der Waals surface area contributed by atoms with E-state index >= 15 is 0 Å². The molecule has 0 unspecified atom stereocenters. The van der Waals surface area contributed by atoms with E-state index in [1.54, 1.807) is 11.9 Å². The fourth-order valence-corrected chi connectivity index (χ4v) is 1.26. The van der Waals surface area contributed by atoms with Crippen molar-refractivity contribution in [2.75, 3.05) is 20.1 Å². The van der Waals surface area contributed by atoms with E-state index in [4.69, 9.17) is 0 Å². The normalized spacial score (nSPS) is 16.4. The Morgan fingerprint density at radius 1 is 1.36 bits per heavy atom. The first-order chi connectivity index (χ1) is 6.54. The van der Waals surface area contributed by atoms with Crippen LogP contribution in [0.3, 0.4) is 0 Å². The van der Waals surface area contributed by atoms with Gasteiger partial charge in [0, 0.05) is 26.1 Å². The summed E-state index contributed by atoms with van der Waals surface area (Å²) < 4.78 is 0. The summed E-state index contributed by atoms with van der Waals surface area (Å²) in [5.41, 5.74) is 0. The predicted molar refractivity (Wildman–Crippen MR) is 52.8 cm³/mol. The highest BCUT2D eigenvalue weighted by Gasteiger charge is 2.31. The van der Waals surface area contributed by atoms with Gasteiger partial charge in [-0.05, 0) is 0 Å². The number of urea groups is 1. The van der Waals surface area contributed by atoms with E-state index in [-0.39, 0.29) is 23.9 Å². The van der Waals surface area contributed by atoms with Crippen LogP contribution in [0, 0.1) is 5.92 Å². The molecule has 5 nitrogen and oxygen atoms in total. The highest BCUT2D eigenvalue weighted by atomic mass is 16.2. The molecule has 0 saturated carbocycles. The number of carbonyl (C=O) groups is 2. The molecule has 0 bridgehead atoms. The minimum absolute atomic E-state index is 0.00375. The van der Waals surface area contributed by atoms with Crippen LogP contribution in [0.25, 0.3) is 0 Å². The summed E-state index contributed by atoms with van der Waals surface area (Å²) in [5, 5.41) is 5.40. The monoisotopic (exact) mass is 199 g/mol. The molecule has 14 heavy (non-hydrogen) atoms. The van der Waals surface area contributed by atoms with Crippen LogP contribution >= 0.6 is 0 Å². The highest BCUT2D eigenvalue weighted by Crippen LogP contribution is 2.08. The number of hydrogen-bond acceptors (Lipinski definition) is 2. The molecular weight excluding hydrogens is 182 g/mol. The molecule has 80 valence electrons. The number of likely N-dealkylation sites (tertiary alicyclic amines) is 1. The molecule has 1 aliphatic rings. The lowest BCUT2D eigenvalue weighted by Crippen LogP contribution is -2.62. The predicted octanol–water partition coefficient (Wildman–Crippen LogP) is -0.218. The van der Waals surface area contributed by atoms with Crippen molar-refractivity contribution < 1.29 is 9.59 Å². The molecule has 0 aromatic rings. The minimum Gasteiger partial charge on any atom is -0.350 e. The molecule has 0 radical (unpaired) electrons. The molecule has 1 rings (SSSR count). The number of hydrogen-bond donors (Lipinski definition) is 2. The van der Waals surface area contributed by atoms with Gasteiger partial charge in [0.05, 0.1) is 6.04 Å². The lowest BCUT2D eigenvalue weighted by Gasteiger charge is -2.39. The standard InChI is InChI=1S/C9H17N3O2/c1-6(2)8(13)11-7-4-12(5-7)9(14)10-3/h6-7H,4-5H2,1-3H3,(H,10,14)(H,11,13). The van der Waals surface area contributed by atoms with Crippen LogP contribution in [0.5, 0.6) is 0 Å². The lowest BCUT2D eigenvalue weighted by atomic mass is 10.1. The van der Waals surface area contributed by atoms with Crippen molar-refractivity contribution in [3.8, 4) is 0 Å². The largest absolute Gasteiger partial charge is 0.350 e. The van der Waals surface area contributed by atoms with Crippen molar-refractivity contribution in [3.05, 3.63) is 0 Å². The zero-order valence-electron chi connectivity index (χ0n) is 8.83. The van der Waals surface area contributed by atoms with Gasteiger partial charge in [-0.2, -0.15) is 0 Å². The maximum Gasteiger partial charge on any atom is 0.317 e. The molecule has 0 aromatic carbocycles. The number of amides is 3. The van der Waals surface area contributed by atoms with Crippen LogP contribution < -0.4 is 10.6 Å². The Hall–Kier alpha value is -1.26. The summed E-state index contributed by atoms with van der Waals surface area (Å²) in [5.74, 6) is 0.0515. The zero-order valence-corrected chi connectivity index (χ0v) is 8.83. The van der Waals surface area contributed by atoms with Crippen LogP contribution in [0.1, 0.15) is 13.8 Å². The van der Waals surface area contributed by atoms with Gasteiger partial charge >= 0.3 is 6.03 Å². The van der Waals surface area contributed by atoms with Crippen LogP contribution in [0.2, 0.25) is 0 Å². The van der Waals surface area contributed by atoms with E-state index in [1.165, 1.54) is 0 Å². The van der Waals surface area contributed by atoms with Crippen LogP contribution in [0.15, 0.2) is 0 Å². The Labute approximate surface area is 83.8 Å². The van der Waals surface area contributed by atoms with Crippen molar-refractivity contribution in [3.63, 3.8) is 0 Å². The van der Waals surface area contributed by atoms with E-state index in [1.807, 2.05) is 13.8 Å². The van der Waals surface area contributed by atoms with Crippen LogP contribution in [-0.2, 0) is 4.79 Å². The van der Waals surface area contributed by atoms with E-state index in [0.717, 1.165) is 0 Å². The van der Waals surface area contributed by atoms with Gasteiger partial charge in [0.15, 0.2) is 0 Å². The molecule has 0 atom stereocenters. The lowest BCUT2D eigenvalue weighted by molar-refractivity contribution is -0.125. The molecular formula is C9H17N3O2. The smallest absolute Gasteiger partial charge is 0.317 e. The second-order valence-corrected chi connectivity index (χ2v) is 3.82. The third-order valence-corrected chi connectivity index (χ3v) is 2.25. The summed E-state index contributed by atoms with van der Waals surface area (Å²) in [6.45, 7) is 4.92. The Balaban J connectivity index is 2.22. The van der Waals surface area contributed by atoms with Crippen molar-refractivity contribution in [2.45, 2.75) is 19.9 Å². The molecule has 1 aliphatic heterocycles. The van der Waals surface area contributed by atoms with E-state index in [9.17, 15) is 9.59 Å². The first-order valence-electron chi connectivity index (χ1n) is 4.81. The summed E-state index contributed by atoms with van der Waals surface area (Å²) in [4.78, 5) is 24.0. The molecule has 0 aliphatic carbocycles. The fraction of sp³-hybridized carbons (Fsp3) is 0.778. The number of rotatable bonds is 2. The summed E-state index contributed by atoms with van der Waals surface area (Å²) >= 11 is 0. The van der Waals surface area contributed by atoms with Crippen LogP contribution in [0.4, 0.5) is 4.79 Å². The SMILES string of the molecule is CNC(=O)N1CC(NC(=O)C(C)C)C1. The van der Waals surface area contributed by atoms with Gasteiger partial charge in [0.25, 0.3) is 0 Å². The number of nitrogens with zero attached hydrogens (tertiary/aromatic N) is 1. The molecule has 3 amide bonds. The number of carbonyl (C=O) groups excluding carboxylic acids is 2. The van der Waals surface area contributed by atoms with Gasteiger partial charge in [0.1, 0.15) is 0 Å². The van der Waals surface area contributed by atoms with E-state index in [0.29, 0.717) is 13.1 Å². The van der Waals surface area contributed by atoms with Gasteiger partial charge in [0.2, 0.25) is 5.91 Å². The third-order valence-electron chi connectivity index (χ3n) is 2.25. The molecule has 0 spiro atoms. The maximum atomic E-state index is 11.3. The van der Waals surface area contributed by atoms with Gasteiger partial charge in [-0.25, -0.2) is 4.79 Å². The second kappa shape index (κ2) is 4.30. The molecule has 1 heterocycles. The first kappa shape index (κ1) is 10.8. The summed E-state index contributed by atoms with van der Waals surface area (Å²) in [6, 6.07) is 0.0437. The van der Waals surface area contributed by atoms with Gasteiger partial charge < -0.3 is 15.5 Å². The Morgan fingerprint density at radius 3 is 2.36 bits per heavy atom. The van der Waals surface area contributed by atoms with E-state index < -0.39 is 0 Å². The fourth-order valence-electron chi connectivity index (χ4n) is 1.26. The maximum absolute atomic E-state index is 11.3. The topological polar surface area (TPSA) is 61.4 Å². The Kier molecular flexibility index (Phi) is 3.33.